The zero-order valence-corrected chi connectivity index (χ0v) is 19.7. The highest BCUT2D eigenvalue weighted by molar-refractivity contribution is 6.00. The lowest BCUT2D eigenvalue weighted by Crippen LogP contribution is -2.45. The van der Waals surface area contributed by atoms with Gasteiger partial charge in [0, 0.05) is 42.8 Å². The molecular formula is C27H26FN5O2. The number of anilines is 1. The van der Waals surface area contributed by atoms with Crippen molar-refractivity contribution < 1.29 is 14.0 Å². The van der Waals surface area contributed by atoms with Crippen LogP contribution in [0.25, 0.3) is 11.1 Å². The molecule has 0 saturated carbocycles. The molecular weight excluding hydrogens is 445 g/mol. The Labute approximate surface area is 203 Å². The van der Waals surface area contributed by atoms with Crippen molar-refractivity contribution in [3.05, 3.63) is 101 Å². The highest BCUT2D eigenvalue weighted by Crippen LogP contribution is 2.27. The number of amides is 2. The van der Waals surface area contributed by atoms with E-state index in [1.807, 2.05) is 32.0 Å². The number of hydrogen-bond acceptors (Lipinski definition) is 4. The van der Waals surface area contributed by atoms with E-state index in [9.17, 15) is 14.0 Å². The molecule has 2 amide bonds. The van der Waals surface area contributed by atoms with E-state index in [2.05, 4.69) is 20.7 Å². The second-order valence-electron chi connectivity index (χ2n) is 8.32. The molecule has 0 fully saturated rings. The molecule has 2 heterocycles. The maximum Gasteiger partial charge on any atom is 0.270 e. The van der Waals surface area contributed by atoms with E-state index in [1.165, 1.54) is 16.9 Å². The molecule has 0 aliphatic carbocycles. The van der Waals surface area contributed by atoms with Crippen molar-refractivity contribution in [2.45, 2.75) is 26.3 Å². The van der Waals surface area contributed by atoms with Gasteiger partial charge in [0.2, 0.25) is 5.91 Å². The van der Waals surface area contributed by atoms with Crippen LogP contribution in [-0.2, 0) is 18.3 Å². The number of pyridine rings is 1. The predicted molar refractivity (Wildman–Crippen MR) is 132 cm³/mol. The largest absolute Gasteiger partial charge is 0.339 e. The third-order valence-corrected chi connectivity index (χ3v) is 5.85. The zero-order valence-electron chi connectivity index (χ0n) is 19.7. The van der Waals surface area contributed by atoms with E-state index in [1.54, 1.807) is 49.6 Å². The molecule has 0 aliphatic rings. The molecule has 4 aromatic rings. The maximum absolute atomic E-state index is 14.3. The van der Waals surface area contributed by atoms with Gasteiger partial charge in [-0.3, -0.25) is 19.3 Å². The summed E-state index contributed by atoms with van der Waals surface area (Å²) in [5.74, 6) is -1.36. The first kappa shape index (κ1) is 23.8. The van der Waals surface area contributed by atoms with E-state index < -0.39 is 23.7 Å². The molecule has 0 radical (unpaired) electrons. The van der Waals surface area contributed by atoms with Gasteiger partial charge in [0.25, 0.3) is 5.91 Å². The number of aromatic nitrogens is 3. The SMILES string of the molecule is Cc1ccnc(C)c1-c1ccc(NC(=O)[C@H](Cc2ccccc2F)NC(=O)c2ccnn2C)cc1. The van der Waals surface area contributed by atoms with Gasteiger partial charge in [-0.1, -0.05) is 30.3 Å². The van der Waals surface area contributed by atoms with Gasteiger partial charge in [-0.2, -0.15) is 5.10 Å². The topological polar surface area (TPSA) is 88.9 Å². The zero-order chi connectivity index (χ0) is 24.9. The number of aryl methyl sites for hydroxylation is 3. The lowest BCUT2D eigenvalue weighted by Gasteiger charge is -2.19. The fourth-order valence-electron chi connectivity index (χ4n) is 4.00. The van der Waals surface area contributed by atoms with Crippen molar-refractivity contribution in [3.63, 3.8) is 0 Å². The van der Waals surface area contributed by atoms with Crippen LogP contribution in [0, 0.1) is 19.7 Å². The monoisotopic (exact) mass is 471 g/mol. The summed E-state index contributed by atoms with van der Waals surface area (Å²) in [5.41, 5.74) is 5.25. The number of benzene rings is 2. The van der Waals surface area contributed by atoms with E-state index in [4.69, 9.17) is 0 Å². The number of nitrogens with one attached hydrogen (secondary N) is 2. The molecule has 2 aromatic heterocycles. The number of carbonyl (C=O) groups excluding carboxylic acids is 2. The van der Waals surface area contributed by atoms with Gasteiger partial charge < -0.3 is 10.6 Å². The first-order valence-electron chi connectivity index (χ1n) is 11.2. The molecule has 1 atom stereocenters. The molecule has 2 aromatic carbocycles. The Balaban J connectivity index is 1.55. The molecule has 0 aliphatic heterocycles. The summed E-state index contributed by atoms with van der Waals surface area (Å²) in [4.78, 5) is 30.3. The Bertz CT molecular complexity index is 1340. The minimum Gasteiger partial charge on any atom is -0.339 e. The van der Waals surface area contributed by atoms with E-state index in [0.29, 0.717) is 16.9 Å². The minimum atomic E-state index is -1.00. The first-order valence-corrected chi connectivity index (χ1v) is 11.2. The summed E-state index contributed by atoms with van der Waals surface area (Å²) < 4.78 is 15.7. The second-order valence-corrected chi connectivity index (χ2v) is 8.32. The Kier molecular flexibility index (Phi) is 7.01. The summed E-state index contributed by atoms with van der Waals surface area (Å²) in [6.07, 6.45) is 3.26. The van der Waals surface area contributed by atoms with Crippen LogP contribution in [-0.4, -0.2) is 32.6 Å². The summed E-state index contributed by atoms with van der Waals surface area (Å²) in [6.45, 7) is 3.98. The molecule has 178 valence electrons. The number of carbonyl (C=O) groups is 2. The van der Waals surface area contributed by atoms with Crippen LogP contribution in [0.1, 0.15) is 27.3 Å². The smallest absolute Gasteiger partial charge is 0.270 e. The van der Waals surface area contributed by atoms with Crippen LogP contribution in [0.2, 0.25) is 0 Å². The van der Waals surface area contributed by atoms with E-state index >= 15 is 0 Å². The van der Waals surface area contributed by atoms with Crippen molar-refractivity contribution in [1.29, 1.82) is 0 Å². The predicted octanol–water partition coefficient (Wildman–Crippen LogP) is 4.22. The fourth-order valence-corrected chi connectivity index (χ4v) is 4.00. The summed E-state index contributed by atoms with van der Waals surface area (Å²) in [6, 6.07) is 16.1. The molecule has 2 N–H and O–H groups in total. The Morgan fingerprint density at radius 3 is 2.40 bits per heavy atom. The van der Waals surface area contributed by atoms with Gasteiger partial charge in [0.05, 0.1) is 0 Å². The third kappa shape index (κ3) is 5.43. The van der Waals surface area contributed by atoms with Crippen LogP contribution >= 0.6 is 0 Å². The van der Waals surface area contributed by atoms with Gasteiger partial charge >= 0.3 is 0 Å². The molecule has 35 heavy (non-hydrogen) atoms. The Morgan fingerprint density at radius 1 is 1.00 bits per heavy atom. The van der Waals surface area contributed by atoms with Gasteiger partial charge in [-0.05, 0) is 60.9 Å². The molecule has 8 heteroatoms. The Morgan fingerprint density at radius 2 is 1.74 bits per heavy atom. The number of rotatable bonds is 7. The fraction of sp³-hybridized carbons (Fsp3) is 0.185. The second kappa shape index (κ2) is 10.3. The Hall–Kier alpha value is -4.33. The summed E-state index contributed by atoms with van der Waals surface area (Å²) >= 11 is 0. The van der Waals surface area contributed by atoms with Gasteiger partial charge in [0.1, 0.15) is 17.6 Å². The van der Waals surface area contributed by atoms with Crippen LogP contribution < -0.4 is 10.6 Å². The molecule has 0 bridgehead atoms. The van der Waals surface area contributed by atoms with Gasteiger partial charge in [-0.25, -0.2) is 4.39 Å². The van der Waals surface area contributed by atoms with Crippen molar-refractivity contribution in [1.82, 2.24) is 20.1 Å². The van der Waals surface area contributed by atoms with Gasteiger partial charge in [-0.15, -0.1) is 0 Å². The molecule has 4 rings (SSSR count). The van der Waals surface area contributed by atoms with Crippen molar-refractivity contribution in [2.24, 2.45) is 7.05 Å². The van der Waals surface area contributed by atoms with Crippen LogP contribution in [0.5, 0.6) is 0 Å². The molecule has 0 saturated heterocycles. The van der Waals surface area contributed by atoms with Crippen LogP contribution in [0.15, 0.2) is 73.1 Å². The normalized spacial score (nSPS) is 11.7. The van der Waals surface area contributed by atoms with E-state index in [0.717, 1.165) is 22.4 Å². The quantitative estimate of drug-likeness (QED) is 0.422. The molecule has 0 unspecified atom stereocenters. The van der Waals surface area contributed by atoms with Gasteiger partial charge in [0.15, 0.2) is 0 Å². The highest BCUT2D eigenvalue weighted by Gasteiger charge is 2.24. The number of halogens is 1. The highest BCUT2D eigenvalue weighted by atomic mass is 19.1. The lowest BCUT2D eigenvalue weighted by molar-refractivity contribution is -0.118. The van der Waals surface area contributed by atoms with Crippen LogP contribution in [0.4, 0.5) is 10.1 Å². The van der Waals surface area contributed by atoms with Crippen molar-refractivity contribution >= 4 is 17.5 Å². The first-order chi connectivity index (χ1) is 16.8. The van der Waals surface area contributed by atoms with Crippen molar-refractivity contribution in [3.8, 4) is 11.1 Å². The summed E-state index contributed by atoms with van der Waals surface area (Å²) in [7, 11) is 1.63. The van der Waals surface area contributed by atoms with Crippen molar-refractivity contribution in [2.75, 3.05) is 5.32 Å². The molecule has 0 spiro atoms. The standard InChI is InChI=1S/C27H26FN5O2/c1-17-12-14-29-18(2)25(17)19-8-10-21(11-9-19)31-26(34)23(16-20-6-4-5-7-22(20)28)32-27(35)24-13-15-30-33(24)3/h4-15,23H,16H2,1-3H3,(H,31,34)(H,32,35)/t23-/m0/s1. The van der Waals surface area contributed by atoms with E-state index in [-0.39, 0.29) is 6.42 Å². The van der Waals surface area contributed by atoms with Crippen LogP contribution in [0.3, 0.4) is 0 Å². The average molecular weight is 472 g/mol. The maximum atomic E-state index is 14.3. The summed E-state index contributed by atoms with van der Waals surface area (Å²) in [5, 5.41) is 9.55. The minimum absolute atomic E-state index is 0.00570. The lowest BCUT2D eigenvalue weighted by atomic mass is 9.99. The molecule has 7 nitrogen and oxygen atoms in total. The third-order valence-electron chi connectivity index (χ3n) is 5.85. The number of hydrogen-bond donors (Lipinski definition) is 2. The average Bonchev–Trinajstić information content (AvgIpc) is 3.27. The number of nitrogens with zero attached hydrogens (tertiary/aromatic N) is 3.